The van der Waals surface area contributed by atoms with Crippen LogP contribution in [0.2, 0.25) is 0 Å². The second-order valence-electron chi connectivity index (χ2n) is 4.72. The number of carbonyl (C=O) groups excluding carboxylic acids is 1. The molecular formula is C12H20N4O2. The Hall–Kier alpha value is -1.56. The lowest BCUT2D eigenvalue weighted by atomic mass is 10.1. The first-order valence-corrected chi connectivity index (χ1v) is 6.39. The number of aliphatic hydroxyl groups is 1. The van der Waals surface area contributed by atoms with Crippen molar-refractivity contribution in [3.05, 3.63) is 12.4 Å². The quantitative estimate of drug-likeness (QED) is 0.785. The first-order valence-electron chi connectivity index (χ1n) is 6.39. The van der Waals surface area contributed by atoms with E-state index >= 15 is 0 Å². The van der Waals surface area contributed by atoms with Crippen LogP contribution in [0.4, 0.5) is 5.69 Å². The Morgan fingerprint density at radius 1 is 1.61 bits per heavy atom. The molecule has 1 saturated heterocycles. The molecule has 2 rings (SSSR count). The van der Waals surface area contributed by atoms with E-state index in [1.807, 2.05) is 4.90 Å². The number of rotatable bonds is 5. The highest BCUT2D eigenvalue weighted by Gasteiger charge is 2.28. The summed E-state index contributed by atoms with van der Waals surface area (Å²) in [7, 11) is 0. The number of anilines is 1. The van der Waals surface area contributed by atoms with Gasteiger partial charge in [0.05, 0.1) is 11.9 Å². The predicted octanol–water partition coefficient (Wildman–Crippen LogP) is 0.229. The van der Waals surface area contributed by atoms with E-state index < -0.39 is 0 Å². The zero-order chi connectivity index (χ0) is 13.0. The zero-order valence-electron chi connectivity index (χ0n) is 10.5. The molecule has 3 N–H and O–H groups in total. The molecule has 6 nitrogen and oxygen atoms in total. The number of hydrogen-bond acceptors (Lipinski definition) is 4. The number of aliphatic hydroxyl groups excluding tert-OH is 1. The molecule has 1 aromatic rings. The molecule has 1 fully saturated rings. The smallest absolute Gasteiger partial charge is 0.244 e. The summed E-state index contributed by atoms with van der Waals surface area (Å²) >= 11 is 0. The fourth-order valence-corrected chi connectivity index (χ4v) is 2.49. The number of hydrogen-bond donors (Lipinski definition) is 2. The lowest BCUT2D eigenvalue weighted by Crippen LogP contribution is -2.37. The predicted molar refractivity (Wildman–Crippen MR) is 67.7 cm³/mol. The third kappa shape index (κ3) is 3.01. The molecule has 1 unspecified atom stereocenters. The molecule has 100 valence electrons. The Labute approximate surface area is 106 Å². The zero-order valence-corrected chi connectivity index (χ0v) is 10.5. The molecule has 18 heavy (non-hydrogen) atoms. The van der Waals surface area contributed by atoms with Crippen molar-refractivity contribution in [1.82, 2.24) is 14.7 Å². The number of nitrogens with zero attached hydrogens (tertiary/aromatic N) is 3. The molecule has 0 bridgehead atoms. The van der Waals surface area contributed by atoms with Gasteiger partial charge in [-0.25, -0.2) is 0 Å². The molecule has 1 atom stereocenters. The summed E-state index contributed by atoms with van der Waals surface area (Å²) in [5.74, 6) is 0.0820. The minimum Gasteiger partial charge on any atom is -0.396 e. The van der Waals surface area contributed by atoms with Gasteiger partial charge in [-0.2, -0.15) is 5.10 Å². The van der Waals surface area contributed by atoms with Crippen molar-refractivity contribution in [1.29, 1.82) is 0 Å². The van der Waals surface area contributed by atoms with E-state index in [0.29, 0.717) is 5.69 Å². The Balaban J connectivity index is 1.91. The number of amides is 1. The van der Waals surface area contributed by atoms with E-state index in [-0.39, 0.29) is 25.1 Å². The topological polar surface area (TPSA) is 84.4 Å². The van der Waals surface area contributed by atoms with Crippen LogP contribution in [0, 0.1) is 0 Å². The molecule has 1 amide bonds. The second-order valence-corrected chi connectivity index (χ2v) is 4.72. The molecule has 1 aliphatic heterocycles. The van der Waals surface area contributed by atoms with Crippen molar-refractivity contribution < 1.29 is 9.90 Å². The van der Waals surface area contributed by atoms with E-state index in [4.69, 9.17) is 10.8 Å². The van der Waals surface area contributed by atoms with Gasteiger partial charge in [-0.1, -0.05) is 0 Å². The Kier molecular flexibility index (Phi) is 4.19. The Morgan fingerprint density at radius 3 is 3.11 bits per heavy atom. The van der Waals surface area contributed by atoms with E-state index in [9.17, 15) is 4.79 Å². The van der Waals surface area contributed by atoms with E-state index in [0.717, 1.165) is 32.2 Å². The monoisotopic (exact) mass is 252 g/mol. The maximum absolute atomic E-state index is 12.2. The van der Waals surface area contributed by atoms with Crippen LogP contribution in [0.1, 0.15) is 25.7 Å². The summed E-state index contributed by atoms with van der Waals surface area (Å²) in [5.41, 5.74) is 6.14. The summed E-state index contributed by atoms with van der Waals surface area (Å²) in [5, 5.41) is 12.9. The van der Waals surface area contributed by atoms with E-state index in [1.165, 1.54) is 0 Å². The van der Waals surface area contributed by atoms with Gasteiger partial charge in [0.2, 0.25) is 5.91 Å². The van der Waals surface area contributed by atoms with Gasteiger partial charge >= 0.3 is 0 Å². The van der Waals surface area contributed by atoms with Crippen molar-refractivity contribution in [3.63, 3.8) is 0 Å². The van der Waals surface area contributed by atoms with Crippen LogP contribution >= 0.6 is 0 Å². The average molecular weight is 252 g/mol. The summed E-state index contributed by atoms with van der Waals surface area (Å²) in [6.45, 7) is 1.24. The van der Waals surface area contributed by atoms with Crippen LogP contribution in [0.25, 0.3) is 0 Å². The third-order valence-corrected chi connectivity index (χ3v) is 3.34. The SMILES string of the molecule is Nc1cnn(CC(=O)N2CCCC2CCCO)c1. The van der Waals surface area contributed by atoms with Crippen molar-refractivity contribution in [2.75, 3.05) is 18.9 Å². The van der Waals surface area contributed by atoms with Gasteiger partial charge < -0.3 is 15.7 Å². The van der Waals surface area contributed by atoms with Gasteiger partial charge in [0.15, 0.2) is 0 Å². The average Bonchev–Trinajstić information content (AvgIpc) is 2.95. The van der Waals surface area contributed by atoms with Gasteiger partial charge in [-0.3, -0.25) is 9.48 Å². The van der Waals surface area contributed by atoms with E-state index in [2.05, 4.69) is 5.10 Å². The van der Waals surface area contributed by atoms with Crippen LogP contribution in [-0.2, 0) is 11.3 Å². The van der Waals surface area contributed by atoms with Gasteiger partial charge in [-0.05, 0) is 25.7 Å². The highest BCUT2D eigenvalue weighted by molar-refractivity contribution is 5.76. The molecular weight excluding hydrogens is 232 g/mol. The number of nitrogen functional groups attached to an aromatic ring is 1. The number of aromatic nitrogens is 2. The minimum absolute atomic E-state index is 0.0820. The molecule has 0 radical (unpaired) electrons. The van der Waals surface area contributed by atoms with Gasteiger partial charge in [-0.15, -0.1) is 0 Å². The van der Waals surface area contributed by atoms with Crippen LogP contribution in [-0.4, -0.2) is 44.9 Å². The molecule has 0 aliphatic carbocycles. The fourth-order valence-electron chi connectivity index (χ4n) is 2.49. The van der Waals surface area contributed by atoms with Crippen molar-refractivity contribution >= 4 is 11.6 Å². The number of carbonyl (C=O) groups is 1. The van der Waals surface area contributed by atoms with Crippen molar-refractivity contribution in [3.8, 4) is 0 Å². The summed E-state index contributed by atoms with van der Waals surface area (Å²) in [4.78, 5) is 14.1. The first kappa shape index (κ1) is 12.9. The minimum atomic E-state index is 0.0820. The molecule has 0 spiro atoms. The van der Waals surface area contributed by atoms with Crippen LogP contribution < -0.4 is 5.73 Å². The molecule has 1 aromatic heterocycles. The van der Waals surface area contributed by atoms with Crippen LogP contribution in [0.15, 0.2) is 12.4 Å². The normalized spacial score (nSPS) is 19.4. The van der Waals surface area contributed by atoms with E-state index in [1.54, 1.807) is 17.1 Å². The maximum Gasteiger partial charge on any atom is 0.244 e. The van der Waals surface area contributed by atoms with Crippen molar-refractivity contribution in [2.45, 2.75) is 38.3 Å². The molecule has 1 aliphatic rings. The first-order chi connectivity index (χ1) is 8.70. The van der Waals surface area contributed by atoms with Gasteiger partial charge in [0, 0.05) is 25.4 Å². The highest BCUT2D eigenvalue weighted by Crippen LogP contribution is 2.21. The van der Waals surface area contributed by atoms with Crippen LogP contribution in [0.5, 0.6) is 0 Å². The number of likely N-dealkylation sites (tertiary alicyclic amines) is 1. The summed E-state index contributed by atoms with van der Waals surface area (Å²) < 4.78 is 1.57. The molecule has 0 aromatic carbocycles. The Bertz CT molecular complexity index is 405. The summed E-state index contributed by atoms with van der Waals surface area (Å²) in [6.07, 6.45) is 6.92. The number of nitrogens with two attached hydrogens (primary N) is 1. The highest BCUT2D eigenvalue weighted by atomic mass is 16.3. The lowest BCUT2D eigenvalue weighted by Gasteiger charge is -2.24. The third-order valence-electron chi connectivity index (χ3n) is 3.34. The lowest BCUT2D eigenvalue weighted by molar-refractivity contribution is -0.133. The maximum atomic E-state index is 12.2. The van der Waals surface area contributed by atoms with Crippen molar-refractivity contribution in [2.24, 2.45) is 0 Å². The van der Waals surface area contributed by atoms with Crippen LogP contribution in [0.3, 0.4) is 0 Å². The van der Waals surface area contributed by atoms with Gasteiger partial charge in [0.25, 0.3) is 0 Å². The largest absolute Gasteiger partial charge is 0.396 e. The standard InChI is InChI=1S/C12H20N4O2/c13-10-7-14-15(8-10)9-12(18)16-5-1-3-11(16)4-2-6-17/h7-8,11,17H,1-6,9,13H2. The summed E-state index contributed by atoms with van der Waals surface area (Å²) in [6, 6.07) is 0.276. The molecule has 6 heteroatoms. The fraction of sp³-hybridized carbons (Fsp3) is 0.667. The Morgan fingerprint density at radius 2 is 2.44 bits per heavy atom. The molecule has 0 saturated carbocycles. The van der Waals surface area contributed by atoms with Gasteiger partial charge in [0.1, 0.15) is 6.54 Å². The molecule has 2 heterocycles. The second kappa shape index (κ2) is 5.86.